The minimum atomic E-state index is 0.904. The first-order valence-electron chi connectivity index (χ1n) is 20.3. The van der Waals surface area contributed by atoms with Gasteiger partial charge < -0.3 is 4.42 Å². The number of furan rings is 1. The minimum Gasteiger partial charge on any atom is -0.455 e. The van der Waals surface area contributed by atoms with Crippen LogP contribution in [-0.4, -0.2) is 4.98 Å². The number of nitrogens with zero attached hydrogens (tertiary/aromatic N) is 1. The van der Waals surface area contributed by atoms with Gasteiger partial charge in [-0.3, -0.25) is 0 Å². The summed E-state index contributed by atoms with van der Waals surface area (Å²) >= 11 is 0. The zero-order valence-corrected chi connectivity index (χ0v) is 31.9. The summed E-state index contributed by atoms with van der Waals surface area (Å²) in [6.45, 7) is 0. The second-order valence-corrected chi connectivity index (χ2v) is 15.8. The standard InChI is InChI=1S/C57H33NO/c1-2-15-34(16-3-1)55-50-33-47(43-25-9-11-26-44(43)52(50)54-45-27-12-8-23-41(45)42-24-10-13-28-46(42)56(54)58-55)37-20-14-21-38(29-37)48-31-39-19-6-7-22-40(39)53-49-30-35-17-4-5-18-36(35)32-51(49)59-57(48)53/h1-33H. The molecule has 0 atom stereocenters. The van der Waals surface area contributed by atoms with E-state index in [0.717, 1.165) is 60.8 Å². The van der Waals surface area contributed by atoms with E-state index in [1.165, 1.54) is 70.2 Å². The molecule has 0 saturated heterocycles. The lowest BCUT2D eigenvalue weighted by Crippen LogP contribution is -1.95. The topological polar surface area (TPSA) is 26.0 Å². The Kier molecular flexibility index (Phi) is 6.76. The lowest BCUT2D eigenvalue weighted by molar-refractivity contribution is 0.671. The third-order valence-electron chi connectivity index (χ3n) is 12.5. The van der Waals surface area contributed by atoms with Crippen molar-refractivity contribution < 1.29 is 4.42 Å². The molecule has 0 radical (unpaired) electrons. The molecule has 0 N–H and O–H groups in total. The van der Waals surface area contributed by atoms with E-state index in [1.54, 1.807) is 0 Å². The van der Waals surface area contributed by atoms with Crippen LogP contribution < -0.4 is 0 Å². The Morgan fingerprint density at radius 1 is 0.305 bits per heavy atom. The smallest absolute Gasteiger partial charge is 0.143 e. The Morgan fingerprint density at radius 3 is 1.63 bits per heavy atom. The molecule has 2 heterocycles. The number of hydrogen-bond acceptors (Lipinski definition) is 2. The normalized spacial score (nSPS) is 12.1. The van der Waals surface area contributed by atoms with Gasteiger partial charge in [0.1, 0.15) is 11.2 Å². The Balaban J connectivity index is 1.13. The highest BCUT2D eigenvalue weighted by Crippen LogP contribution is 2.47. The van der Waals surface area contributed by atoms with Crippen molar-refractivity contribution in [2.45, 2.75) is 0 Å². The maximum absolute atomic E-state index is 6.89. The molecule has 0 aliphatic rings. The summed E-state index contributed by atoms with van der Waals surface area (Å²) in [6.07, 6.45) is 0. The van der Waals surface area contributed by atoms with Crippen LogP contribution in [0.25, 0.3) is 131 Å². The predicted molar refractivity (Wildman–Crippen MR) is 250 cm³/mol. The summed E-state index contributed by atoms with van der Waals surface area (Å²) in [5.41, 5.74) is 9.45. The van der Waals surface area contributed by atoms with E-state index in [-0.39, 0.29) is 0 Å². The second-order valence-electron chi connectivity index (χ2n) is 15.8. The van der Waals surface area contributed by atoms with Crippen LogP contribution >= 0.6 is 0 Å². The van der Waals surface area contributed by atoms with Crippen LogP contribution in [0, 0.1) is 0 Å². The Labute approximate surface area is 339 Å². The Bertz CT molecular complexity index is 3900. The number of benzene rings is 11. The third kappa shape index (κ3) is 4.72. The van der Waals surface area contributed by atoms with E-state index in [1.807, 2.05) is 0 Å². The molecule has 13 aromatic rings. The molecule has 0 saturated carbocycles. The van der Waals surface area contributed by atoms with Crippen LogP contribution in [0.4, 0.5) is 0 Å². The molecule has 0 aliphatic carbocycles. The fourth-order valence-corrected chi connectivity index (χ4v) is 9.93. The zero-order chi connectivity index (χ0) is 38.6. The zero-order valence-electron chi connectivity index (χ0n) is 31.9. The summed E-state index contributed by atoms with van der Waals surface area (Å²) in [5, 5.41) is 17.9. The fourth-order valence-electron chi connectivity index (χ4n) is 9.93. The van der Waals surface area contributed by atoms with E-state index in [9.17, 15) is 0 Å². The van der Waals surface area contributed by atoms with Crippen LogP contribution in [0.2, 0.25) is 0 Å². The number of pyridine rings is 1. The van der Waals surface area contributed by atoms with Gasteiger partial charge in [0.15, 0.2) is 0 Å². The predicted octanol–water partition coefficient (Wildman–Crippen LogP) is 16.1. The average molecular weight is 748 g/mol. The summed E-state index contributed by atoms with van der Waals surface area (Å²) in [5.74, 6) is 0. The van der Waals surface area contributed by atoms with E-state index >= 15 is 0 Å². The Hall–Kier alpha value is -7.81. The van der Waals surface area contributed by atoms with Crippen LogP contribution in [-0.2, 0) is 0 Å². The minimum absolute atomic E-state index is 0.904. The largest absolute Gasteiger partial charge is 0.455 e. The van der Waals surface area contributed by atoms with Crippen molar-refractivity contribution in [3.05, 3.63) is 200 Å². The molecular formula is C57H33NO. The number of hydrogen-bond donors (Lipinski definition) is 0. The van der Waals surface area contributed by atoms with Crippen LogP contribution in [0.15, 0.2) is 205 Å². The highest BCUT2D eigenvalue weighted by atomic mass is 16.3. The van der Waals surface area contributed by atoms with Crippen molar-refractivity contribution in [1.82, 2.24) is 4.98 Å². The Morgan fingerprint density at radius 2 is 0.864 bits per heavy atom. The first-order chi connectivity index (χ1) is 29.3. The summed E-state index contributed by atoms with van der Waals surface area (Å²) in [4.78, 5) is 5.65. The van der Waals surface area contributed by atoms with Crippen molar-refractivity contribution in [2.24, 2.45) is 0 Å². The molecule has 272 valence electrons. The molecule has 2 nitrogen and oxygen atoms in total. The molecule has 0 unspecified atom stereocenters. The molecule has 59 heavy (non-hydrogen) atoms. The van der Waals surface area contributed by atoms with Crippen molar-refractivity contribution in [3.8, 4) is 33.5 Å². The fraction of sp³-hybridized carbons (Fsp3) is 0. The maximum atomic E-state index is 6.89. The maximum Gasteiger partial charge on any atom is 0.143 e. The van der Waals surface area contributed by atoms with Crippen molar-refractivity contribution >= 4 is 97.5 Å². The van der Waals surface area contributed by atoms with E-state index in [2.05, 4.69) is 200 Å². The molecule has 0 fully saturated rings. The highest BCUT2D eigenvalue weighted by molar-refractivity contribution is 6.36. The van der Waals surface area contributed by atoms with Gasteiger partial charge in [-0.2, -0.15) is 0 Å². The lowest BCUT2D eigenvalue weighted by Gasteiger charge is -2.19. The van der Waals surface area contributed by atoms with Gasteiger partial charge in [0.05, 0.1) is 11.2 Å². The quantitative estimate of drug-likeness (QED) is 0.168. The van der Waals surface area contributed by atoms with Gasteiger partial charge in [0.25, 0.3) is 0 Å². The first-order valence-corrected chi connectivity index (χ1v) is 20.3. The molecule has 13 rings (SSSR count). The molecule has 0 bridgehead atoms. The molecule has 2 heteroatoms. The number of aromatic nitrogens is 1. The van der Waals surface area contributed by atoms with Gasteiger partial charge in [-0.1, -0.05) is 170 Å². The molecule has 0 aliphatic heterocycles. The molecule has 0 spiro atoms. The van der Waals surface area contributed by atoms with Gasteiger partial charge in [-0.25, -0.2) is 4.98 Å². The van der Waals surface area contributed by atoms with Crippen LogP contribution in [0.5, 0.6) is 0 Å². The molecule has 0 amide bonds. The van der Waals surface area contributed by atoms with Gasteiger partial charge in [-0.15, -0.1) is 0 Å². The van der Waals surface area contributed by atoms with Crippen LogP contribution in [0.1, 0.15) is 0 Å². The molecule has 2 aromatic heterocycles. The van der Waals surface area contributed by atoms with E-state index < -0.39 is 0 Å². The van der Waals surface area contributed by atoms with Gasteiger partial charge in [0, 0.05) is 43.4 Å². The van der Waals surface area contributed by atoms with Gasteiger partial charge in [0.2, 0.25) is 0 Å². The van der Waals surface area contributed by atoms with E-state index in [0.29, 0.717) is 0 Å². The van der Waals surface area contributed by atoms with Crippen molar-refractivity contribution in [3.63, 3.8) is 0 Å². The highest BCUT2D eigenvalue weighted by Gasteiger charge is 2.22. The second kappa shape index (κ2) is 12.3. The number of fused-ring (bicyclic) bond motifs is 16. The van der Waals surface area contributed by atoms with Crippen molar-refractivity contribution in [1.29, 1.82) is 0 Å². The van der Waals surface area contributed by atoms with Crippen LogP contribution in [0.3, 0.4) is 0 Å². The molecular weight excluding hydrogens is 715 g/mol. The lowest BCUT2D eigenvalue weighted by atomic mass is 9.86. The third-order valence-corrected chi connectivity index (χ3v) is 12.5. The SMILES string of the molecule is c1ccc(-c2nc3c4ccccc4c4ccccc4c3c3c2cc(-c2cccc(-c4cc5ccccc5c5c4oc4cc6ccccc6cc45)c2)c2ccccc23)cc1. The summed E-state index contributed by atoms with van der Waals surface area (Å²) in [7, 11) is 0. The summed E-state index contributed by atoms with van der Waals surface area (Å²) in [6, 6.07) is 72.6. The monoisotopic (exact) mass is 747 g/mol. The van der Waals surface area contributed by atoms with Crippen molar-refractivity contribution in [2.75, 3.05) is 0 Å². The average Bonchev–Trinajstić information content (AvgIpc) is 3.68. The molecule has 11 aromatic carbocycles. The van der Waals surface area contributed by atoms with E-state index in [4.69, 9.17) is 9.40 Å². The van der Waals surface area contributed by atoms with Gasteiger partial charge >= 0.3 is 0 Å². The first kappa shape index (κ1) is 32.3. The summed E-state index contributed by atoms with van der Waals surface area (Å²) < 4.78 is 6.89. The number of rotatable bonds is 3. The van der Waals surface area contributed by atoms with Gasteiger partial charge in [-0.05, 0) is 95.5 Å².